The first kappa shape index (κ1) is 20.1. The number of anilines is 1. The molecule has 0 aliphatic carbocycles. The van der Waals surface area contributed by atoms with Crippen LogP contribution in [-0.2, 0) is 14.8 Å². The third-order valence-electron chi connectivity index (χ3n) is 4.63. The van der Waals surface area contributed by atoms with Gasteiger partial charge in [0, 0.05) is 17.9 Å². The highest BCUT2D eigenvalue weighted by atomic mass is 32.2. The van der Waals surface area contributed by atoms with Gasteiger partial charge in [0.1, 0.15) is 0 Å². The molecule has 0 spiro atoms. The Morgan fingerprint density at radius 2 is 1.79 bits per heavy atom. The molecule has 0 radical (unpaired) electrons. The van der Waals surface area contributed by atoms with Gasteiger partial charge >= 0.3 is 0 Å². The van der Waals surface area contributed by atoms with Crippen molar-refractivity contribution in [3.05, 3.63) is 65.2 Å². The van der Waals surface area contributed by atoms with Crippen molar-refractivity contribution >= 4 is 27.3 Å². The Balaban J connectivity index is 2.03. The summed E-state index contributed by atoms with van der Waals surface area (Å²) in [6.07, 6.45) is 1.63. The van der Waals surface area contributed by atoms with Crippen molar-refractivity contribution in [1.82, 2.24) is 5.01 Å². The Morgan fingerprint density at radius 1 is 1.14 bits per heavy atom. The number of nitrogens with one attached hydrogen (secondary N) is 1. The standard InChI is InChI=1S/C21H25N3O3S/c1-14(2)21(25)24-20(13-19(22-24)16-11-9-15(3)10-12-16)17-7-5-6-8-18(17)23-28(4,26)27/h5-12,14,20,23H,13H2,1-4H3/t20-/m1/s1. The van der Waals surface area contributed by atoms with Crippen molar-refractivity contribution < 1.29 is 13.2 Å². The lowest BCUT2D eigenvalue weighted by Crippen LogP contribution is -2.31. The molecule has 0 saturated carbocycles. The van der Waals surface area contributed by atoms with E-state index in [1.165, 1.54) is 5.01 Å². The third kappa shape index (κ3) is 4.42. The number of carbonyl (C=O) groups excluding carboxylic acids is 1. The van der Waals surface area contributed by atoms with E-state index in [2.05, 4.69) is 9.82 Å². The van der Waals surface area contributed by atoms with Crippen LogP contribution in [0.15, 0.2) is 53.6 Å². The number of amides is 1. The minimum absolute atomic E-state index is 0.0960. The lowest BCUT2D eigenvalue weighted by Gasteiger charge is -2.25. The molecule has 1 atom stereocenters. The number of hydrogen-bond donors (Lipinski definition) is 1. The Kier molecular flexibility index (Phi) is 5.56. The van der Waals surface area contributed by atoms with Crippen molar-refractivity contribution in [2.45, 2.75) is 33.2 Å². The van der Waals surface area contributed by atoms with Gasteiger partial charge in [-0.2, -0.15) is 5.10 Å². The summed E-state index contributed by atoms with van der Waals surface area (Å²) in [5.41, 5.74) is 4.12. The summed E-state index contributed by atoms with van der Waals surface area (Å²) in [6, 6.07) is 14.8. The van der Waals surface area contributed by atoms with Gasteiger partial charge in [-0.15, -0.1) is 0 Å². The molecular weight excluding hydrogens is 374 g/mol. The van der Waals surface area contributed by atoms with Gasteiger partial charge < -0.3 is 0 Å². The molecule has 0 aromatic heterocycles. The Hall–Kier alpha value is -2.67. The summed E-state index contributed by atoms with van der Waals surface area (Å²) in [6.45, 7) is 5.68. The molecule has 1 amide bonds. The minimum Gasteiger partial charge on any atom is -0.283 e. The maximum absolute atomic E-state index is 12.8. The minimum atomic E-state index is -3.44. The van der Waals surface area contributed by atoms with Crippen molar-refractivity contribution in [1.29, 1.82) is 0 Å². The number of hydrazone groups is 1. The average molecular weight is 400 g/mol. The summed E-state index contributed by atoms with van der Waals surface area (Å²) in [7, 11) is -3.44. The highest BCUT2D eigenvalue weighted by Gasteiger charge is 2.35. The molecule has 2 aromatic carbocycles. The fraction of sp³-hybridized carbons (Fsp3) is 0.333. The van der Waals surface area contributed by atoms with E-state index in [0.29, 0.717) is 12.1 Å². The zero-order valence-corrected chi connectivity index (χ0v) is 17.3. The average Bonchev–Trinajstić information content (AvgIpc) is 3.05. The summed E-state index contributed by atoms with van der Waals surface area (Å²) in [5, 5.41) is 6.13. The SMILES string of the molecule is Cc1ccc(C2=NN(C(=O)C(C)C)[C@@H](c3ccccc3NS(C)(=O)=O)C2)cc1. The molecule has 0 saturated heterocycles. The Labute approximate surface area is 166 Å². The maximum Gasteiger partial charge on any atom is 0.245 e. The highest BCUT2D eigenvalue weighted by Crippen LogP contribution is 2.37. The molecular formula is C21H25N3O3S. The number of hydrogen-bond acceptors (Lipinski definition) is 4. The predicted molar refractivity (Wildman–Crippen MR) is 112 cm³/mol. The number of rotatable bonds is 5. The number of benzene rings is 2. The second-order valence-corrected chi connectivity index (χ2v) is 9.18. The van der Waals surface area contributed by atoms with Crippen LogP contribution in [0.25, 0.3) is 0 Å². The van der Waals surface area contributed by atoms with Crippen LogP contribution in [-0.4, -0.2) is 31.3 Å². The number of aryl methyl sites for hydroxylation is 1. The van der Waals surface area contributed by atoms with Gasteiger partial charge in [-0.1, -0.05) is 61.9 Å². The second-order valence-electron chi connectivity index (χ2n) is 7.43. The van der Waals surface area contributed by atoms with E-state index >= 15 is 0 Å². The summed E-state index contributed by atoms with van der Waals surface area (Å²) in [5.74, 6) is -0.320. The van der Waals surface area contributed by atoms with E-state index in [1.54, 1.807) is 12.1 Å². The monoisotopic (exact) mass is 399 g/mol. The molecule has 6 nitrogen and oxygen atoms in total. The van der Waals surface area contributed by atoms with Gasteiger partial charge in [0.15, 0.2) is 0 Å². The van der Waals surface area contributed by atoms with Gasteiger partial charge in [-0.25, -0.2) is 13.4 Å². The summed E-state index contributed by atoms with van der Waals surface area (Å²) >= 11 is 0. The summed E-state index contributed by atoms with van der Waals surface area (Å²) < 4.78 is 26.1. The van der Waals surface area contributed by atoms with Gasteiger partial charge in [0.2, 0.25) is 15.9 Å². The van der Waals surface area contributed by atoms with Crippen LogP contribution in [0.1, 0.15) is 43.0 Å². The fourth-order valence-electron chi connectivity index (χ4n) is 3.22. The normalized spacial score (nSPS) is 17.0. The first-order chi connectivity index (χ1) is 13.2. The quantitative estimate of drug-likeness (QED) is 0.833. The fourth-order valence-corrected chi connectivity index (χ4v) is 3.81. The van der Waals surface area contributed by atoms with Crippen molar-refractivity contribution in [3.63, 3.8) is 0 Å². The summed E-state index contributed by atoms with van der Waals surface area (Å²) in [4.78, 5) is 12.8. The molecule has 0 unspecified atom stereocenters. The molecule has 0 bridgehead atoms. The molecule has 0 fully saturated rings. The van der Waals surface area contributed by atoms with E-state index in [4.69, 9.17) is 0 Å². The van der Waals surface area contributed by atoms with Crippen LogP contribution in [0.2, 0.25) is 0 Å². The highest BCUT2D eigenvalue weighted by molar-refractivity contribution is 7.92. The largest absolute Gasteiger partial charge is 0.283 e. The van der Waals surface area contributed by atoms with Gasteiger partial charge in [-0.3, -0.25) is 9.52 Å². The Bertz CT molecular complexity index is 1010. The van der Waals surface area contributed by atoms with E-state index in [0.717, 1.165) is 28.7 Å². The van der Waals surface area contributed by atoms with E-state index in [9.17, 15) is 13.2 Å². The van der Waals surface area contributed by atoms with Crippen LogP contribution >= 0.6 is 0 Å². The molecule has 1 heterocycles. The zero-order chi connectivity index (χ0) is 20.5. The first-order valence-electron chi connectivity index (χ1n) is 9.20. The van der Waals surface area contributed by atoms with Crippen molar-refractivity contribution in [3.8, 4) is 0 Å². The molecule has 7 heteroatoms. The second kappa shape index (κ2) is 7.75. The molecule has 2 aromatic rings. The van der Waals surface area contributed by atoms with Gasteiger partial charge in [-0.05, 0) is 18.6 Å². The number of sulfonamides is 1. The number of para-hydroxylation sites is 1. The van der Waals surface area contributed by atoms with Crippen molar-refractivity contribution in [2.24, 2.45) is 11.0 Å². The molecule has 28 heavy (non-hydrogen) atoms. The molecule has 148 valence electrons. The van der Waals surface area contributed by atoms with E-state index in [-0.39, 0.29) is 17.9 Å². The van der Waals surface area contributed by atoms with E-state index in [1.807, 2.05) is 57.2 Å². The van der Waals surface area contributed by atoms with Crippen LogP contribution in [0.5, 0.6) is 0 Å². The number of carbonyl (C=O) groups is 1. The maximum atomic E-state index is 12.8. The first-order valence-corrected chi connectivity index (χ1v) is 11.1. The smallest absolute Gasteiger partial charge is 0.245 e. The van der Waals surface area contributed by atoms with E-state index < -0.39 is 10.0 Å². The zero-order valence-electron chi connectivity index (χ0n) is 16.5. The van der Waals surface area contributed by atoms with Gasteiger partial charge in [0.25, 0.3) is 0 Å². The lowest BCUT2D eigenvalue weighted by atomic mass is 9.96. The Morgan fingerprint density at radius 3 is 2.39 bits per heavy atom. The van der Waals surface area contributed by atoms with Gasteiger partial charge in [0.05, 0.1) is 23.7 Å². The van der Waals surface area contributed by atoms with Crippen LogP contribution in [0.4, 0.5) is 5.69 Å². The molecule has 3 rings (SSSR count). The predicted octanol–water partition coefficient (Wildman–Crippen LogP) is 3.70. The number of nitrogens with zero attached hydrogens (tertiary/aromatic N) is 2. The van der Waals surface area contributed by atoms with Crippen LogP contribution < -0.4 is 4.72 Å². The topological polar surface area (TPSA) is 78.8 Å². The third-order valence-corrected chi connectivity index (χ3v) is 5.22. The lowest BCUT2D eigenvalue weighted by molar-refractivity contribution is -0.136. The molecule has 1 aliphatic rings. The van der Waals surface area contributed by atoms with Crippen LogP contribution in [0, 0.1) is 12.8 Å². The van der Waals surface area contributed by atoms with Crippen molar-refractivity contribution in [2.75, 3.05) is 11.0 Å². The molecule has 1 aliphatic heterocycles. The molecule has 1 N–H and O–H groups in total. The van der Waals surface area contributed by atoms with Crippen LogP contribution in [0.3, 0.4) is 0 Å².